The molecule has 2 nitrogen and oxygen atoms in total. The van der Waals surface area contributed by atoms with Crippen LogP contribution in [0.5, 0.6) is 0 Å². The molecular formula is C16H22N2. The zero-order valence-electron chi connectivity index (χ0n) is 11.5. The van der Waals surface area contributed by atoms with E-state index in [1.807, 2.05) is 19.1 Å². The van der Waals surface area contributed by atoms with Gasteiger partial charge in [0, 0.05) is 6.04 Å². The number of hydrogen-bond donors (Lipinski definition) is 1. The van der Waals surface area contributed by atoms with Crippen LogP contribution in [0.3, 0.4) is 0 Å². The third-order valence-corrected chi connectivity index (χ3v) is 4.07. The Balaban J connectivity index is 2.12. The summed E-state index contributed by atoms with van der Waals surface area (Å²) < 4.78 is 0. The molecule has 1 aromatic carbocycles. The smallest absolute Gasteiger partial charge is 0.101 e. The van der Waals surface area contributed by atoms with Crippen molar-refractivity contribution in [1.29, 1.82) is 5.26 Å². The number of hydrogen-bond acceptors (Lipinski definition) is 2. The molecule has 1 fully saturated rings. The topological polar surface area (TPSA) is 35.8 Å². The average Bonchev–Trinajstić information content (AvgIpc) is 2.34. The van der Waals surface area contributed by atoms with Crippen molar-refractivity contribution in [2.24, 2.45) is 11.8 Å². The van der Waals surface area contributed by atoms with E-state index in [4.69, 9.17) is 0 Å². The van der Waals surface area contributed by atoms with E-state index in [0.29, 0.717) is 12.0 Å². The highest BCUT2D eigenvalue weighted by Gasteiger charge is 2.25. The predicted molar refractivity (Wildman–Crippen MR) is 75.5 cm³/mol. The third kappa shape index (κ3) is 2.85. The Labute approximate surface area is 110 Å². The number of rotatable bonds is 2. The molecule has 2 heteroatoms. The van der Waals surface area contributed by atoms with Gasteiger partial charge in [-0.2, -0.15) is 5.26 Å². The van der Waals surface area contributed by atoms with E-state index in [9.17, 15) is 5.26 Å². The molecule has 0 heterocycles. The summed E-state index contributed by atoms with van der Waals surface area (Å²) in [6.45, 7) is 6.67. The molecule has 2 rings (SSSR count). The molecule has 0 spiro atoms. The molecule has 1 N–H and O–H groups in total. The molecular weight excluding hydrogens is 220 g/mol. The summed E-state index contributed by atoms with van der Waals surface area (Å²) in [5, 5.41) is 12.8. The fourth-order valence-corrected chi connectivity index (χ4v) is 2.96. The molecule has 1 aliphatic carbocycles. The highest BCUT2D eigenvalue weighted by molar-refractivity contribution is 5.59. The van der Waals surface area contributed by atoms with Gasteiger partial charge in [-0.15, -0.1) is 0 Å². The van der Waals surface area contributed by atoms with Crippen molar-refractivity contribution in [2.75, 3.05) is 5.32 Å². The standard InChI is InChI=1S/C16H22N2/c1-11-4-6-15(13(3)8-11)18-16-7-5-12(2)9-14(16)10-17/h5,7,9,11,13,15,18H,4,6,8H2,1-3H3. The minimum absolute atomic E-state index is 0.510. The minimum atomic E-state index is 0.510. The molecule has 0 aromatic heterocycles. The zero-order chi connectivity index (χ0) is 13.1. The summed E-state index contributed by atoms with van der Waals surface area (Å²) in [6, 6.07) is 8.86. The highest BCUT2D eigenvalue weighted by Crippen LogP contribution is 2.31. The molecule has 0 aliphatic heterocycles. The normalized spacial score (nSPS) is 27.6. The fraction of sp³-hybridized carbons (Fsp3) is 0.562. The summed E-state index contributed by atoms with van der Waals surface area (Å²) in [6.07, 6.45) is 3.78. The van der Waals surface area contributed by atoms with E-state index >= 15 is 0 Å². The minimum Gasteiger partial charge on any atom is -0.381 e. The van der Waals surface area contributed by atoms with Crippen LogP contribution >= 0.6 is 0 Å². The Kier molecular flexibility index (Phi) is 3.91. The van der Waals surface area contributed by atoms with Crippen LogP contribution in [0.15, 0.2) is 18.2 Å². The van der Waals surface area contributed by atoms with Crippen LogP contribution in [0.1, 0.15) is 44.2 Å². The van der Waals surface area contributed by atoms with Gasteiger partial charge in [0.1, 0.15) is 6.07 Å². The molecule has 3 atom stereocenters. The number of nitrogens with zero attached hydrogens (tertiary/aromatic N) is 1. The Morgan fingerprint density at radius 3 is 2.72 bits per heavy atom. The summed E-state index contributed by atoms with van der Waals surface area (Å²) in [5.41, 5.74) is 2.90. The number of anilines is 1. The van der Waals surface area contributed by atoms with Gasteiger partial charge in [0.25, 0.3) is 0 Å². The molecule has 96 valence electrons. The quantitative estimate of drug-likeness (QED) is 0.847. The summed E-state index contributed by atoms with van der Waals surface area (Å²) >= 11 is 0. The SMILES string of the molecule is Cc1ccc(NC2CCC(C)CC2C)c(C#N)c1. The number of benzene rings is 1. The molecule has 0 amide bonds. The largest absolute Gasteiger partial charge is 0.381 e. The molecule has 0 bridgehead atoms. The fourth-order valence-electron chi connectivity index (χ4n) is 2.96. The van der Waals surface area contributed by atoms with E-state index < -0.39 is 0 Å². The number of aryl methyl sites for hydroxylation is 1. The van der Waals surface area contributed by atoms with Crippen molar-refractivity contribution < 1.29 is 0 Å². The lowest BCUT2D eigenvalue weighted by molar-refractivity contribution is 0.276. The van der Waals surface area contributed by atoms with Crippen LogP contribution in [0.2, 0.25) is 0 Å². The Hall–Kier alpha value is -1.49. The summed E-state index contributed by atoms with van der Waals surface area (Å²) in [4.78, 5) is 0. The van der Waals surface area contributed by atoms with Gasteiger partial charge in [-0.1, -0.05) is 19.9 Å². The third-order valence-electron chi connectivity index (χ3n) is 4.07. The van der Waals surface area contributed by atoms with E-state index in [0.717, 1.165) is 22.7 Å². The van der Waals surface area contributed by atoms with Crippen LogP contribution in [0.4, 0.5) is 5.69 Å². The van der Waals surface area contributed by atoms with Gasteiger partial charge in [0.2, 0.25) is 0 Å². The first-order chi connectivity index (χ1) is 8.60. The van der Waals surface area contributed by atoms with E-state index in [-0.39, 0.29) is 0 Å². The lowest BCUT2D eigenvalue weighted by Crippen LogP contribution is -2.33. The lowest BCUT2D eigenvalue weighted by Gasteiger charge is -2.34. The van der Waals surface area contributed by atoms with Gasteiger partial charge in [-0.05, 0) is 55.7 Å². The van der Waals surface area contributed by atoms with E-state index in [1.54, 1.807) is 0 Å². The van der Waals surface area contributed by atoms with E-state index in [1.165, 1.54) is 19.3 Å². The van der Waals surface area contributed by atoms with Gasteiger partial charge < -0.3 is 5.32 Å². The maximum Gasteiger partial charge on any atom is 0.101 e. The van der Waals surface area contributed by atoms with Crippen molar-refractivity contribution in [1.82, 2.24) is 0 Å². The van der Waals surface area contributed by atoms with Gasteiger partial charge in [-0.25, -0.2) is 0 Å². The summed E-state index contributed by atoms with van der Waals surface area (Å²) in [5.74, 6) is 1.52. The van der Waals surface area contributed by atoms with Gasteiger partial charge >= 0.3 is 0 Å². The monoisotopic (exact) mass is 242 g/mol. The first-order valence-corrected chi connectivity index (χ1v) is 6.87. The molecule has 1 aliphatic rings. The van der Waals surface area contributed by atoms with Crippen molar-refractivity contribution in [2.45, 2.75) is 46.1 Å². The first kappa shape index (κ1) is 13.0. The maximum atomic E-state index is 9.19. The zero-order valence-corrected chi connectivity index (χ0v) is 11.5. The van der Waals surface area contributed by atoms with Gasteiger partial charge in [0.15, 0.2) is 0 Å². The molecule has 1 aromatic rings. The molecule has 0 radical (unpaired) electrons. The predicted octanol–water partition coefficient (Wildman–Crippen LogP) is 4.10. The van der Waals surface area contributed by atoms with Crippen molar-refractivity contribution in [3.8, 4) is 6.07 Å². The van der Waals surface area contributed by atoms with Crippen LogP contribution in [-0.4, -0.2) is 6.04 Å². The molecule has 18 heavy (non-hydrogen) atoms. The molecule has 3 unspecified atom stereocenters. The van der Waals surface area contributed by atoms with Crippen LogP contribution in [-0.2, 0) is 0 Å². The van der Waals surface area contributed by atoms with Crippen LogP contribution < -0.4 is 5.32 Å². The van der Waals surface area contributed by atoms with Crippen molar-refractivity contribution in [3.63, 3.8) is 0 Å². The van der Waals surface area contributed by atoms with Gasteiger partial charge in [0.05, 0.1) is 11.3 Å². The molecule has 1 saturated carbocycles. The lowest BCUT2D eigenvalue weighted by atomic mass is 9.79. The Morgan fingerprint density at radius 1 is 1.28 bits per heavy atom. The van der Waals surface area contributed by atoms with Gasteiger partial charge in [-0.3, -0.25) is 0 Å². The Bertz CT molecular complexity index is 459. The molecule has 0 saturated heterocycles. The van der Waals surface area contributed by atoms with Crippen LogP contribution in [0.25, 0.3) is 0 Å². The van der Waals surface area contributed by atoms with E-state index in [2.05, 4.69) is 31.3 Å². The second-order valence-electron chi connectivity index (χ2n) is 5.81. The highest BCUT2D eigenvalue weighted by atomic mass is 14.9. The Morgan fingerprint density at radius 2 is 2.06 bits per heavy atom. The second kappa shape index (κ2) is 5.44. The maximum absolute atomic E-state index is 9.19. The number of nitriles is 1. The second-order valence-corrected chi connectivity index (χ2v) is 5.81. The van der Waals surface area contributed by atoms with Crippen LogP contribution in [0, 0.1) is 30.1 Å². The van der Waals surface area contributed by atoms with Crippen molar-refractivity contribution >= 4 is 5.69 Å². The van der Waals surface area contributed by atoms with Crippen molar-refractivity contribution in [3.05, 3.63) is 29.3 Å². The average molecular weight is 242 g/mol. The summed E-state index contributed by atoms with van der Waals surface area (Å²) in [7, 11) is 0. The first-order valence-electron chi connectivity index (χ1n) is 6.87. The number of nitrogens with one attached hydrogen (secondary N) is 1.